The van der Waals surface area contributed by atoms with E-state index in [0.717, 1.165) is 4.47 Å². The third-order valence-electron chi connectivity index (χ3n) is 3.63. The van der Waals surface area contributed by atoms with Gasteiger partial charge < -0.3 is 10.4 Å². The van der Waals surface area contributed by atoms with Gasteiger partial charge in [0.15, 0.2) is 0 Å². The van der Waals surface area contributed by atoms with Crippen LogP contribution in [0, 0.1) is 11.8 Å². The van der Waals surface area contributed by atoms with E-state index in [1.807, 2.05) is 0 Å². The van der Waals surface area contributed by atoms with Gasteiger partial charge in [0.2, 0.25) is 5.91 Å². The molecule has 0 saturated heterocycles. The van der Waals surface area contributed by atoms with Gasteiger partial charge >= 0.3 is 5.97 Å². The van der Waals surface area contributed by atoms with E-state index < -0.39 is 5.97 Å². The predicted octanol–water partition coefficient (Wildman–Crippen LogP) is 3.93. The van der Waals surface area contributed by atoms with E-state index in [1.54, 1.807) is 18.2 Å². The van der Waals surface area contributed by atoms with Crippen molar-refractivity contribution in [1.29, 1.82) is 0 Å². The lowest BCUT2D eigenvalue weighted by molar-refractivity contribution is -0.143. The largest absolute Gasteiger partial charge is 0.481 e. The summed E-state index contributed by atoms with van der Waals surface area (Å²) >= 11 is 9.27. The number of anilines is 1. The van der Waals surface area contributed by atoms with Gasteiger partial charge in [-0.15, -0.1) is 0 Å². The summed E-state index contributed by atoms with van der Waals surface area (Å²) in [6.45, 7) is 0. The molecular formula is C14H15BrClNO3. The highest BCUT2D eigenvalue weighted by atomic mass is 79.9. The Hall–Kier alpha value is -1.07. The third kappa shape index (κ3) is 3.73. The molecule has 2 rings (SSSR count). The Kier molecular flexibility index (Phi) is 5.05. The second kappa shape index (κ2) is 6.59. The first-order chi connectivity index (χ1) is 9.47. The van der Waals surface area contributed by atoms with Crippen LogP contribution in [0.3, 0.4) is 0 Å². The van der Waals surface area contributed by atoms with E-state index in [9.17, 15) is 9.59 Å². The lowest BCUT2D eigenvalue weighted by atomic mass is 9.81. The van der Waals surface area contributed by atoms with Crippen LogP contribution >= 0.6 is 27.5 Å². The first-order valence-corrected chi connectivity index (χ1v) is 7.63. The number of amides is 1. The highest BCUT2D eigenvalue weighted by molar-refractivity contribution is 9.10. The van der Waals surface area contributed by atoms with Gasteiger partial charge in [0, 0.05) is 16.1 Å². The van der Waals surface area contributed by atoms with Gasteiger partial charge in [-0.25, -0.2) is 0 Å². The summed E-state index contributed by atoms with van der Waals surface area (Å²) in [6.07, 6.45) is 2.36. The fourth-order valence-corrected chi connectivity index (χ4v) is 2.85. The Bertz CT molecular complexity index is 527. The zero-order valence-corrected chi connectivity index (χ0v) is 13.1. The summed E-state index contributed by atoms with van der Waals surface area (Å²) in [6, 6.07) is 5.24. The van der Waals surface area contributed by atoms with E-state index in [1.165, 1.54) is 0 Å². The maximum absolute atomic E-state index is 12.1. The average molecular weight is 361 g/mol. The fourth-order valence-electron chi connectivity index (χ4n) is 2.42. The highest BCUT2D eigenvalue weighted by Gasteiger charge is 2.29. The molecule has 0 aliphatic heterocycles. The molecular weight excluding hydrogens is 346 g/mol. The molecule has 0 atom stereocenters. The number of benzene rings is 1. The maximum Gasteiger partial charge on any atom is 0.306 e. The molecule has 108 valence electrons. The molecule has 2 N–H and O–H groups in total. The van der Waals surface area contributed by atoms with E-state index in [-0.39, 0.29) is 17.7 Å². The van der Waals surface area contributed by atoms with Crippen molar-refractivity contribution in [1.82, 2.24) is 0 Å². The summed E-state index contributed by atoms with van der Waals surface area (Å²) in [5.74, 6) is -1.25. The number of carboxylic acid groups (broad SMARTS) is 1. The van der Waals surface area contributed by atoms with Crippen molar-refractivity contribution in [2.24, 2.45) is 11.8 Å². The van der Waals surface area contributed by atoms with Gasteiger partial charge in [-0.1, -0.05) is 11.6 Å². The number of halogens is 2. The number of aliphatic carboxylic acids is 1. The average Bonchev–Trinajstić information content (AvgIpc) is 2.43. The summed E-state index contributed by atoms with van der Waals surface area (Å²) < 4.78 is 0.777. The molecule has 1 saturated carbocycles. The van der Waals surface area contributed by atoms with Gasteiger partial charge in [0.05, 0.1) is 10.9 Å². The summed E-state index contributed by atoms with van der Waals surface area (Å²) in [5, 5.41) is 12.3. The van der Waals surface area contributed by atoms with E-state index in [4.69, 9.17) is 16.7 Å². The first-order valence-electron chi connectivity index (χ1n) is 6.46. The molecule has 0 heterocycles. The SMILES string of the molecule is O=C(O)C1CCC(C(=O)Nc2ccc(Br)c(Cl)c2)CC1. The van der Waals surface area contributed by atoms with Crippen molar-refractivity contribution in [3.63, 3.8) is 0 Å². The smallest absolute Gasteiger partial charge is 0.306 e. The number of hydrogen-bond donors (Lipinski definition) is 2. The second-order valence-electron chi connectivity index (χ2n) is 5.00. The van der Waals surface area contributed by atoms with Gasteiger partial charge in [-0.3, -0.25) is 9.59 Å². The van der Waals surface area contributed by atoms with Crippen molar-refractivity contribution in [3.8, 4) is 0 Å². The molecule has 0 spiro atoms. The van der Waals surface area contributed by atoms with Crippen molar-refractivity contribution in [3.05, 3.63) is 27.7 Å². The molecule has 1 aromatic carbocycles. The van der Waals surface area contributed by atoms with E-state index >= 15 is 0 Å². The summed E-state index contributed by atoms with van der Waals surface area (Å²) in [4.78, 5) is 23.0. The van der Waals surface area contributed by atoms with Gasteiger partial charge in [-0.05, 0) is 59.8 Å². The van der Waals surface area contributed by atoms with Crippen LogP contribution in [0.5, 0.6) is 0 Å². The Morgan fingerprint density at radius 1 is 1.20 bits per heavy atom. The Labute approximate surface area is 130 Å². The minimum absolute atomic E-state index is 0.0628. The zero-order valence-electron chi connectivity index (χ0n) is 10.7. The standard InChI is InChI=1S/C14H15BrClNO3/c15-11-6-5-10(7-12(11)16)17-13(18)8-1-3-9(4-2-8)14(19)20/h5-9H,1-4H2,(H,17,18)(H,19,20). The molecule has 1 amide bonds. The van der Waals surface area contributed by atoms with Crippen molar-refractivity contribution in [2.75, 3.05) is 5.32 Å². The number of nitrogens with one attached hydrogen (secondary N) is 1. The zero-order chi connectivity index (χ0) is 14.7. The molecule has 20 heavy (non-hydrogen) atoms. The maximum atomic E-state index is 12.1. The summed E-state index contributed by atoms with van der Waals surface area (Å²) in [7, 11) is 0. The number of rotatable bonds is 3. The van der Waals surface area contributed by atoms with Gasteiger partial charge in [0.1, 0.15) is 0 Å². The molecule has 1 aliphatic rings. The molecule has 0 unspecified atom stereocenters. The van der Waals surface area contributed by atoms with Crippen LogP contribution in [0.1, 0.15) is 25.7 Å². The highest BCUT2D eigenvalue weighted by Crippen LogP contribution is 2.31. The first kappa shape index (κ1) is 15.3. The molecule has 0 bridgehead atoms. The minimum atomic E-state index is -0.761. The molecule has 4 nitrogen and oxygen atoms in total. The van der Waals surface area contributed by atoms with Crippen LogP contribution < -0.4 is 5.32 Å². The second-order valence-corrected chi connectivity index (χ2v) is 6.27. The lowest BCUT2D eigenvalue weighted by Crippen LogP contribution is -2.29. The molecule has 6 heteroatoms. The topological polar surface area (TPSA) is 66.4 Å². The lowest BCUT2D eigenvalue weighted by Gasteiger charge is -2.25. The van der Waals surface area contributed by atoms with Crippen LogP contribution in [0.25, 0.3) is 0 Å². The number of carbonyl (C=O) groups excluding carboxylic acids is 1. The Morgan fingerprint density at radius 2 is 1.80 bits per heavy atom. The van der Waals surface area contributed by atoms with Crippen LogP contribution in [0.4, 0.5) is 5.69 Å². The van der Waals surface area contributed by atoms with Crippen LogP contribution in [-0.4, -0.2) is 17.0 Å². The van der Waals surface area contributed by atoms with Gasteiger partial charge in [-0.2, -0.15) is 0 Å². The number of carbonyl (C=O) groups is 2. The molecule has 0 aromatic heterocycles. The number of hydrogen-bond acceptors (Lipinski definition) is 2. The minimum Gasteiger partial charge on any atom is -0.481 e. The predicted molar refractivity (Wildman–Crippen MR) is 80.9 cm³/mol. The third-order valence-corrected chi connectivity index (χ3v) is 4.87. The van der Waals surface area contributed by atoms with Crippen molar-refractivity contribution in [2.45, 2.75) is 25.7 Å². The van der Waals surface area contributed by atoms with Crippen LogP contribution in [0.2, 0.25) is 5.02 Å². The Balaban J connectivity index is 1.92. The quantitative estimate of drug-likeness (QED) is 0.858. The van der Waals surface area contributed by atoms with E-state index in [0.29, 0.717) is 36.4 Å². The molecule has 1 aromatic rings. The molecule has 1 aliphatic carbocycles. The van der Waals surface area contributed by atoms with Gasteiger partial charge in [0.25, 0.3) is 0 Å². The Morgan fingerprint density at radius 3 is 2.35 bits per heavy atom. The van der Waals surface area contributed by atoms with E-state index in [2.05, 4.69) is 21.2 Å². The summed E-state index contributed by atoms with van der Waals surface area (Å²) in [5.41, 5.74) is 0.656. The van der Waals surface area contributed by atoms with Crippen molar-refractivity contribution < 1.29 is 14.7 Å². The number of carboxylic acids is 1. The van der Waals surface area contributed by atoms with Crippen molar-refractivity contribution >= 4 is 45.1 Å². The monoisotopic (exact) mass is 359 g/mol. The fraction of sp³-hybridized carbons (Fsp3) is 0.429. The van der Waals surface area contributed by atoms with Crippen LogP contribution in [0.15, 0.2) is 22.7 Å². The van der Waals surface area contributed by atoms with Crippen LogP contribution in [-0.2, 0) is 9.59 Å². The molecule has 1 fully saturated rings. The normalized spacial score (nSPS) is 22.3. The molecule has 0 radical (unpaired) electrons.